The minimum absolute atomic E-state index is 0.0961. The van der Waals surface area contributed by atoms with Gasteiger partial charge in [-0.25, -0.2) is 4.98 Å². The molecule has 0 unspecified atom stereocenters. The summed E-state index contributed by atoms with van der Waals surface area (Å²) in [6, 6.07) is 7.63. The second-order valence-electron chi connectivity index (χ2n) is 4.53. The Kier molecular flexibility index (Phi) is 4.18. The lowest BCUT2D eigenvalue weighted by molar-refractivity contribution is -0.130. The van der Waals surface area contributed by atoms with Crippen LogP contribution in [0.1, 0.15) is 17.8 Å². The van der Waals surface area contributed by atoms with Crippen molar-refractivity contribution < 1.29 is 4.79 Å². The van der Waals surface area contributed by atoms with Gasteiger partial charge in [-0.1, -0.05) is 12.1 Å². The van der Waals surface area contributed by atoms with Crippen LogP contribution in [0.3, 0.4) is 0 Å². The summed E-state index contributed by atoms with van der Waals surface area (Å²) in [5.74, 6) is 0.888. The Morgan fingerprint density at radius 3 is 3.00 bits per heavy atom. The van der Waals surface area contributed by atoms with Crippen LogP contribution >= 0.6 is 0 Å². The maximum absolute atomic E-state index is 12.0. The number of H-pyrrole nitrogens is 1. The Morgan fingerprint density at radius 2 is 2.32 bits per heavy atom. The van der Waals surface area contributed by atoms with Crippen LogP contribution in [0.25, 0.3) is 0 Å². The van der Waals surface area contributed by atoms with Crippen molar-refractivity contribution in [2.24, 2.45) is 0 Å². The van der Waals surface area contributed by atoms with Gasteiger partial charge in [0.15, 0.2) is 0 Å². The van der Waals surface area contributed by atoms with Crippen molar-refractivity contribution in [1.29, 1.82) is 0 Å². The molecule has 5 nitrogen and oxygen atoms in total. The number of nitrogens with two attached hydrogens (primary N) is 1. The molecule has 0 radical (unpaired) electrons. The third kappa shape index (κ3) is 3.84. The highest BCUT2D eigenvalue weighted by molar-refractivity contribution is 5.76. The molecular weight excluding hydrogens is 240 g/mol. The van der Waals surface area contributed by atoms with E-state index in [0.717, 1.165) is 17.1 Å². The van der Waals surface area contributed by atoms with Gasteiger partial charge < -0.3 is 15.6 Å². The van der Waals surface area contributed by atoms with Crippen LogP contribution in [0.2, 0.25) is 0 Å². The fourth-order valence-corrected chi connectivity index (χ4v) is 1.89. The van der Waals surface area contributed by atoms with E-state index in [1.54, 1.807) is 24.3 Å². The number of amides is 1. The summed E-state index contributed by atoms with van der Waals surface area (Å²) in [6.45, 7) is 0.503. The number of hydrogen-bond donors (Lipinski definition) is 2. The number of aryl methyl sites for hydroxylation is 1. The second kappa shape index (κ2) is 6.04. The summed E-state index contributed by atoms with van der Waals surface area (Å²) in [7, 11) is 1.78. The molecule has 0 aliphatic heterocycles. The Bertz CT molecular complexity index is 536. The quantitative estimate of drug-likeness (QED) is 0.800. The van der Waals surface area contributed by atoms with E-state index in [-0.39, 0.29) is 5.91 Å². The van der Waals surface area contributed by atoms with Gasteiger partial charge in [0.1, 0.15) is 5.82 Å². The molecule has 100 valence electrons. The summed E-state index contributed by atoms with van der Waals surface area (Å²) in [5.41, 5.74) is 7.52. The fraction of sp³-hybridized carbons (Fsp3) is 0.286. The van der Waals surface area contributed by atoms with Gasteiger partial charge in [0.2, 0.25) is 5.91 Å². The number of nitrogens with one attached hydrogen (secondary N) is 1. The molecule has 0 saturated heterocycles. The SMILES string of the molecule is CN(Cc1ncc[nH]1)C(=O)CCc1cccc(N)c1. The number of imidazole rings is 1. The number of carbonyl (C=O) groups excluding carboxylic acids is 1. The normalized spacial score (nSPS) is 10.4. The van der Waals surface area contributed by atoms with Crippen LogP contribution < -0.4 is 5.73 Å². The van der Waals surface area contributed by atoms with Crippen molar-refractivity contribution in [3.8, 4) is 0 Å². The van der Waals surface area contributed by atoms with Crippen LogP contribution in [-0.2, 0) is 17.8 Å². The molecule has 5 heteroatoms. The zero-order valence-corrected chi connectivity index (χ0v) is 11.0. The highest BCUT2D eigenvalue weighted by atomic mass is 16.2. The lowest BCUT2D eigenvalue weighted by Crippen LogP contribution is -2.26. The first-order valence-corrected chi connectivity index (χ1v) is 6.22. The monoisotopic (exact) mass is 258 g/mol. The summed E-state index contributed by atoms with van der Waals surface area (Å²) >= 11 is 0. The molecule has 1 amide bonds. The summed E-state index contributed by atoms with van der Waals surface area (Å²) in [4.78, 5) is 20.7. The molecule has 1 heterocycles. The molecule has 0 saturated carbocycles. The minimum atomic E-state index is 0.0961. The van der Waals surface area contributed by atoms with Crippen LogP contribution in [0.15, 0.2) is 36.7 Å². The topological polar surface area (TPSA) is 75.0 Å². The summed E-state index contributed by atoms with van der Waals surface area (Å²) < 4.78 is 0. The zero-order chi connectivity index (χ0) is 13.7. The van der Waals surface area contributed by atoms with Crippen molar-refractivity contribution >= 4 is 11.6 Å². The molecule has 0 aliphatic rings. The highest BCUT2D eigenvalue weighted by Gasteiger charge is 2.10. The number of rotatable bonds is 5. The van der Waals surface area contributed by atoms with E-state index in [2.05, 4.69) is 9.97 Å². The number of hydrogen-bond acceptors (Lipinski definition) is 3. The van der Waals surface area contributed by atoms with Gasteiger partial charge in [-0.2, -0.15) is 0 Å². The predicted molar refractivity (Wildman–Crippen MR) is 74.2 cm³/mol. The predicted octanol–water partition coefficient (Wildman–Crippen LogP) is 1.58. The summed E-state index contributed by atoms with van der Waals surface area (Å²) in [6.07, 6.45) is 4.60. The first-order valence-electron chi connectivity index (χ1n) is 6.22. The van der Waals surface area contributed by atoms with Crippen molar-refractivity contribution in [3.63, 3.8) is 0 Å². The van der Waals surface area contributed by atoms with Crippen LogP contribution in [0, 0.1) is 0 Å². The third-order valence-corrected chi connectivity index (χ3v) is 2.95. The number of aromatic nitrogens is 2. The van der Waals surface area contributed by atoms with Gasteiger partial charge in [-0.3, -0.25) is 4.79 Å². The highest BCUT2D eigenvalue weighted by Crippen LogP contribution is 2.10. The molecule has 0 bridgehead atoms. The van der Waals surface area contributed by atoms with Gasteiger partial charge in [-0.15, -0.1) is 0 Å². The molecule has 1 aromatic heterocycles. The Hall–Kier alpha value is -2.30. The smallest absolute Gasteiger partial charge is 0.223 e. The molecule has 0 atom stereocenters. The molecule has 3 N–H and O–H groups in total. The lowest BCUT2D eigenvalue weighted by Gasteiger charge is -2.15. The number of aromatic amines is 1. The molecule has 2 rings (SSSR count). The Morgan fingerprint density at radius 1 is 1.47 bits per heavy atom. The van der Waals surface area contributed by atoms with E-state index < -0.39 is 0 Å². The van der Waals surface area contributed by atoms with Crippen LogP contribution in [-0.4, -0.2) is 27.8 Å². The molecule has 2 aromatic rings. The second-order valence-corrected chi connectivity index (χ2v) is 4.53. The van der Waals surface area contributed by atoms with Gasteiger partial charge in [0.05, 0.1) is 6.54 Å². The minimum Gasteiger partial charge on any atom is -0.399 e. The molecular formula is C14H18N4O. The van der Waals surface area contributed by atoms with E-state index in [4.69, 9.17) is 5.73 Å². The van der Waals surface area contributed by atoms with Crippen LogP contribution in [0.5, 0.6) is 0 Å². The largest absolute Gasteiger partial charge is 0.399 e. The number of carbonyl (C=O) groups is 1. The van der Waals surface area contributed by atoms with E-state index >= 15 is 0 Å². The third-order valence-electron chi connectivity index (χ3n) is 2.95. The van der Waals surface area contributed by atoms with E-state index in [9.17, 15) is 4.79 Å². The standard InChI is InChI=1S/C14H18N4O/c1-18(10-13-16-7-8-17-13)14(19)6-5-11-3-2-4-12(15)9-11/h2-4,7-9H,5-6,10,15H2,1H3,(H,16,17). The van der Waals surface area contributed by atoms with E-state index in [1.165, 1.54) is 0 Å². The van der Waals surface area contributed by atoms with Gasteiger partial charge >= 0.3 is 0 Å². The average Bonchev–Trinajstić information content (AvgIpc) is 2.89. The number of nitrogens with zero attached hydrogens (tertiary/aromatic N) is 2. The van der Waals surface area contributed by atoms with Crippen LogP contribution in [0.4, 0.5) is 5.69 Å². The maximum Gasteiger partial charge on any atom is 0.223 e. The van der Waals surface area contributed by atoms with Crippen molar-refractivity contribution in [3.05, 3.63) is 48.0 Å². The summed E-state index contributed by atoms with van der Waals surface area (Å²) in [5, 5.41) is 0. The number of nitrogen functional groups attached to an aromatic ring is 1. The molecule has 0 aliphatic carbocycles. The van der Waals surface area contributed by atoms with Crippen molar-refractivity contribution in [1.82, 2.24) is 14.9 Å². The Balaban J connectivity index is 1.84. The molecule has 19 heavy (non-hydrogen) atoms. The van der Waals surface area contributed by atoms with Gasteiger partial charge in [0.25, 0.3) is 0 Å². The number of benzene rings is 1. The van der Waals surface area contributed by atoms with Crippen molar-refractivity contribution in [2.45, 2.75) is 19.4 Å². The van der Waals surface area contributed by atoms with E-state index in [0.29, 0.717) is 19.4 Å². The zero-order valence-electron chi connectivity index (χ0n) is 11.0. The number of anilines is 1. The average molecular weight is 258 g/mol. The Labute approximate surface area is 112 Å². The van der Waals surface area contributed by atoms with E-state index in [1.807, 2.05) is 24.3 Å². The maximum atomic E-state index is 12.0. The first kappa shape index (κ1) is 13.1. The molecule has 1 aromatic carbocycles. The molecule has 0 fully saturated rings. The first-order chi connectivity index (χ1) is 9.15. The fourth-order valence-electron chi connectivity index (χ4n) is 1.89. The van der Waals surface area contributed by atoms with Crippen molar-refractivity contribution in [2.75, 3.05) is 12.8 Å². The van der Waals surface area contributed by atoms with Gasteiger partial charge in [0, 0.05) is 31.5 Å². The lowest BCUT2D eigenvalue weighted by atomic mass is 10.1. The van der Waals surface area contributed by atoms with Gasteiger partial charge in [-0.05, 0) is 24.1 Å². The molecule has 0 spiro atoms.